The fraction of sp³-hybridized carbons (Fsp3) is 0.312. The van der Waals surface area contributed by atoms with Crippen molar-refractivity contribution in [2.24, 2.45) is 7.05 Å². The minimum absolute atomic E-state index is 0.160. The van der Waals surface area contributed by atoms with Gasteiger partial charge in [0, 0.05) is 13.5 Å². The van der Waals surface area contributed by atoms with Crippen LogP contribution in [0.5, 0.6) is 5.75 Å². The van der Waals surface area contributed by atoms with Crippen molar-refractivity contribution in [3.63, 3.8) is 0 Å². The predicted molar refractivity (Wildman–Crippen MR) is 82.5 cm³/mol. The quantitative estimate of drug-likeness (QED) is 0.830. The molecule has 22 heavy (non-hydrogen) atoms. The molecule has 1 aromatic heterocycles. The molecule has 0 saturated heterocycles. The Kier molecular flexibility index (Phi) is 5.15. The van der Waals surface area contributed by atoms with Gasteiger partial charge in [-0.05, 0) is 25.5 Å². The molecule has 1 aromatic carbocycles. The van der Waals surface area contributed by atoms with Crippen molar-refractivity contribution in [2.45, 2.75) is 19.8 Å². The summed E-state index contributed by atoms with van der Waals surface area (Å²) in [7, 11) is 1.68. The van der Waals surface area contributed by atoms with Crippen LogP contribution in [0, 0.1) is 18.3 Å². The molecule has 114 valence electrons. The number of hydrogen-bond donors (Lipinski definition) is 1. The van der Waals surface area contributed by atoms with Crippen LogP contribution in [0.1, 0.15) is 24.0 Å². The van der Waals surface area contributed by atoms with Gasteiger partial charge in [-0.15, -0.1) is 0 Å². The number of aryl methyl sites for hydroxylation is 2. The van der Waals surface area contributed by atoms with E-state index in [1.807, 2.05) is 37.3 Å². The van der Waals surface area contributed by atoms with E-state index in [1.165, 1.54) is 16.4 Å². The second-order valence-electron chi connectivity index (χ2n) is 4.96. The van der Waals surface area contributed by atoms with Crippen LogP contribution in [-0.2, 0) is 11.8 Å². The van der Waals surface area contributed by atoms with Crippen molar-refractivity contribution < 1.29 is 9.53 Å². The molecule has 0 aliphatic carbocycles. The summed E-state index contributed by atoms with van der Waals surface area (Å²) in [5.74, 6) is 1.06. The normalized spacial score (nSPS) is 10.0. The smallest absolute Gasteiger partial charge is 0.225 e. The number of amides is 1. The van der Waals surface area contributed by atoms with Crippen molar-refractivity contribution in [1.29, 1.82) is 5.26 Å². The first-order valence-corrected chi connectivity index (χ1v) is 7.01. The second-order valence-corrected chi connectivity index (χ2v) is 4.96. The lowest BCUT2D eigenvalue weighted by Crippen LogP contribution is -2.16. The highest BCUT2D eigenvalue weighted by Crippen LogP contribution is 2.14. The minimum Gasteiger partial charge on any atom is -0.494 e. The highest BCUT2D eigenvalue weighted by Gasteiger charge is 2.11. The third kappa shape index (κ3) is 4.09. The molecule has 0 saturated carbocycles. The first-order valence-electron chi connectivity index (χ1n) is 7.01. The maximum absolute atomic E-state index is 11.9. The van der Waals surface area contributed by atoms with Crippen molar-refractivity contribution in [3.8, 4) is 11.8 Å². The number of hydrogen-bond acceptors (Lipinski definition) is 4. The van der Waals surface area contributed by atoms with Gasteiger partial charge < -0.3 is 10.1 Å². The number of aromatic nitrogens is 2. The molecule has 1 N–H and O–H groups in total. The van der Waals surface area contributed by atoms with Crippen LogP contribution in [0.2, 0.25) is 0 Å². The predicted octanol–water partition coefficient (Wildman–Crippen LogP) is 2.40. The molecule has 0 aliphatic rings. The lowest BCUT2D eigenvalue weighted by molar-refractivity contribution is -0.116. The van der Waals surface area contributed by atoms with Gasteiger partial charge in [0.2, 0.25) is 5.91 Å². The zero-order valence-corrected chi connectivity index (χ0v) is 12.7. The first-order chi connectivity index (χ1) is 10.6. The molecule has 2 rings (SSSR count). The molecule has 0 fully saturated rings. The van der Waals surface area contributed by atoms with Crippen molar-refractivity contribution in [3.05, 3.63) is 41.6 Å². The third-order valence-corrected chi connectivity index (χ3v) is 3.15. The van der Waals surface area contributed by atoms with Gasteiger partial charge in [-0.3, -0.25) is 9.48 Å². The lowest BCUT2D eigenvalue weighted by Gasteiger charge is -2.08. The van der Waals surface area contributed by atoms with Crippen molar-refractivity contribution in [1.82, 2.24) is 9.78 Å². The van der Waals surface area contributed by atoms with Crippen LogP contribution in [0.4, 0.5) is 5.82 Å². The Labute approximate surface area is 129 Å². The second kappa shape index (κ2) is 7.27. The van der Waals surface area contributed by atoms with Gasteiger partial charge in [-0.25, -0.2) is 0 Å². The van der Waals surface area contributed by atoms with E-state index in [4.69, 9.17) is 10.00 Å². The Bertz CT molecular complexity index is 683. The number of carbonyl (C=O) groups is 1. The molecule has 0 aliphatic heterocycles. The molecule has 1 amide bonds. The average Bonchev–Trinajstić information content (AvgIpc) is 2.86. The van der Waals surface area contributed by atoms with Crippen molar-refractivity contribution in [2.75, 3.05) is 11.9 Å². The number of carbonyl (C=O) groups excluding carboxylic acids is 1. The minimum atomic E-state index is -0.160. The van der Waals surface area contributed by atoms with Crippen LogP contribution in [0.15, 0.2) is 30.5 Å². The summed E-state index contributed by atoms with van der Waals surface area (Å²) in [6.07, 6.45) is 2.34. The standard InChI is InChI=1S/C16H18N4O2/c1-12-5-7-14(8-6-12)22-9-3-4-15(21)19-16-13(10-17)11-18-20(16)2/h5-8,11H,3-4,9H2,1-2H3,(H,19,21). The van der Waals surface area contributed by atoms with E-state index >= 15 is 0 Å². The third-order valence-electron chi connectivity index (χ3n) is 3.15. The summed E-state index contributed by atoms with van der Waals surface area (Å²) in [4.78, 5) is 11.9. The fourth-order valence-corrected chi connectivity index (χ4v) is 1.92. The van der Waals surface area contributed by atoms with E-state index in [1.54, 1.807) is 7.05 Å². The van der Waals surface area contributed by atoms with Crippen LogP contribution in [-0.4, -0.2) is 22.3 Å². The Hall–Kier alpha value is -2.81. The average molecular weight is 298 g/mol. The van der Waals surface area contributed by atoms with Gasteiger partial charge >= 0.3 is 0 Å². The topological polar surface area (TPSA) is 79.9 Å². The lowest BCUT2D eigenvalue weighted by atomic mass is 10.2. The van der Waals surface area contributed by atoms with E-state index < -0.39 is 0 Å². The Balaban J connectivity index is 1.75. The highest BCUT2D eigenvalue weighted by molar-refractivity contribution is 5.91. The summed E-state index contributed by atoms with van der Waals surface area (Å²) < 4.78 is 7.04. The molecular formula is C16H18N4O2. The van der Waals surface area contributed by atoms with Gasteiger partial charge in [0.05, 0.1) is 12.8 Å². The molecule has 0 radical (unpaired) electrons. The van der Waals surface area contributed by atoms with Gasteiger partial charge in [0.25, 0.3) is 0 Å². The maximum atomic E-state index is 11.9. The number of nitrogens with zero attached hydrogens (tertiary/aromatic N) is 3. The van der Waals surface area contributed by atoms with Gasteiger partial charge in [0.1, 0.15) is 23.2 Å². The molecule has 6 heteroatoms. The fourth-order valence-electron chi connectivity index (χ4n) is 1.92. The summed E-state index contributed by atoms with van der Waals surface area (Å²) in [5, 5.41) is 15.6. The van der Waals surface area contributed by atoms with Crippen LogP contribution in [0.25, 0.3) is 0 Å². The number of anilines is 1. The molecule has 0 bridgehead atoms. The van der Waals surface area contributed by atoms with E-state index in [0.29, 0.717) is 30.8 Å². The van der Waals surface area contributed by atoms with Crippen LogP contribution < -0.4 is 10.1 Å². The number of nitrogens with one attached hydrogen (secondary N) is 1. The Morgan fingerprint density at radius 1 is 1.41 bits per heavy atom. The number of nitriles is 1. The first kappa shape index (κ1) is 15.6. The van der Waals surface area contributed by atoms with Gasteiger partial charge in [-0.2, -0.15) is 10.4 Å². The van der Waals surface area contributed by atoms with Gasteiger partial charge in [0.15, 0.2) is 0 Å². The van der Waals surface area contributed by atoms with Crippen LogP contribution >= 0.6 is 0 Å². The molecular weight excluding hydrogens is 280 g/mol. The van der Waals surface area contributed by atoms with E-state index in [9.17, 15) is 4.79 Å². The maximum Gasteiger partial charge on any atom is 0.225 e. The number of ether oxygens (including phenoxy) is 1. The summed E-state index contributed by atoms with van der Waals surface area (Å²) in [6.45, 7) is 2.48. The zero-order valence-electron chi connectivity index (χ0n) is 12.7. The van der Waals surface area contributed by atoms with E-state index in [2.05, 4.69) is 10.4 Å². The zero-order chi connectivity index (χ0) is 15.9. The number of rotatable bonds is 6. The molecule has 0 atom stereocenters. The monoisotopic (exact) mass is 298 g/mol. The Morgan fingerprint density at radius 2 is 2.14 bits per heavy atom. The van der Waals surface area contributed by atoms with Crippen molar-refractivity contribution >= 4 is 11.7 Å². The van der Waals surface area contributed by atoms with Gasteiger partial charge in [-0.1, -0.05) is 17.7 Å². The molecule has 6 nitrogen and oxygen atoms in total. The van der Waals surface area contributed by atoms with Crippen LogP contribution in [0.3, 0.4) is 0 Å². The molecule has 0 spiro atoms. The highest BCUT2D eigenvalue weighted by atomic mass is 16.5. The van der Waals surface area contributed by atoms with E-state index in [-0.39, 0.29) is 5.91 Å². The number of benzene rings is 1. The summed E-state index contributed by atoms with van der Waals surface area (Å²) in [5.41, 5.74) is 1.53. The summed E-state index contributed by atoms with van der Waals surface area (Å²) >= 11 is 0. The largest absolute Gasteiger partial charge is 0.494 e. The van der Waals surface area contributed by atoms with E-state index in [0.717, 1.165) is 5.75 Å². The summed E-state index contributed by atoms with van der Waals surface area (Å²) in [6, 6.07) is 9.77. The Morgan fingerprint density at radius 3 is 2.82 bits per heavy atom. The molecule has 1 heterocycles. The molecule has 2 aromatic rings. The molecule has 0 unspecified atom stereocenters. The SMILES string of the molecule is Cc1ccc(OCCCC(=O)Nc2c(C#N)cnn2C)cc1.